The molecule has 7 heteroatoms. The number of hydrogen-bond acceptors (Lipinski definition) is 4. The molecule has 4 rings (SSSR count). The van der Waals surface area contributed by atoms with Crippen LogP contribution in [0.15, 0.2) is 78.9 Å². The van der Waals surface area contributed by atoms with E-state index in [0.29, 0.717) is 5.69 Å². The monoisotopic (exact) mass is 444 g/mol. The molecule has 1 atom stereocenters. The summed E-state index contributed by atoms with van der Waals surface area (Å²) in [7, 11) is 0. The average Bonchev–Trinajstić information content (AvgIpc) is 3.15. The second-order valence-electron chi connectivity index (χ2n) is 7.85. The highest BCUT2D eigenvalue weighted by molar-refractivity contribution is 6.01. The Morgan fingerprint density at radius 3 is 2.03 bits per heavy atom. The Morgan fingerprint density at radius 1 is 0.909 bits per heavy atom. The van der Waals surface area contributed by atoms with Gasteiger partial charge in [-0.2, -0.15) is 0 Å². The third-order valence-corrected chi connectivity index (χ3v) is 5.68. The predicted octanol–water partition coefficient (Wildman–Crippen LogP) is 4.03. The predicted molar refractivity (Wildman–Crippen MR) is 124 cm³/mol. The van der Waals surface area contributed by atoms with Gasteiger partial charge in [0, 0.05) is 11.6 Å². The Kier molecular flexibility index (Phi) is 6.40. The zero-order valence-corrected chi connectivity index (χ0v) is 18.1. The van der Waals surface area contributed by atoms with Crippen LogP contribution >= 0.6 is 0 Å². The van der Waals surface area contributed by atoms with Gasteiger partial charge in [-0.3, -0.25) is 14.5 Å². The summed E-state index contributed by atoms with van der Waals surface area (Å²) in [6.45, 7) is 1.11. The van der Waals surface area contributed by atoms with Crippen LogP contribution in [0.4, 0.5) is 10.5 Å². The topological polar surface area (TPSA) is 95.9 Å². The summed E-state index contributed by atoms with van der Waals surface area (Å²) in [6, 6.07) is 23.5. The smallest absolute Gasteiger partial charge is 0.407 e. The van der Waals surface area contributed by atoms with Gasteiger partial charge >= 0.3 is 12.1 Å². The molecule has 1 aliphatic carbocycles. The molecule has 0 aliphatic heterocycles. The molecule has 0 heterocycles. The van der Waals surface area contributed by atoms with Gasteiger partial charge in [0.25, 0.3) is 0 Å². The van der Waals surface area contributed by atoms with E-state index in [1.54, 1.807) is 30.3 Å². The molecule has 1 aliphatic rings. The second kappa shape index (κ2) is 9.56. The van der Waals surface area contributed by atoms with Gasteiger partial charge in [-0.25, -0.2) is 4.79 Å². The first-order valence-electron chi connectivity index (χ1n) is 10.7. The first-order valence-corrected chi connectivity index (χ1v) is 10.7. The summed E-state index contributed by atoms with van der Waals surface area (Å²) in [5, 5.41) is 11.7. The molecule has 2 N–H and O–H groups in total. The first kappa shape index (κ1) is 22.1. The van der Waals surface area contributed by atoms with Crippen LogP contribution in [-0.4, -0.2) is 42.3 Å². The Balaban J connectivity index is 1.42. The van der Waals surface area contributed by atoms with Crippen LogP contribution in [0.5, 0.6) is 0 Å². The van der Waals surface area contributed by atoms with E-state index in [-0.39, 0.29) is 12.5 Å². The minimum absolute atomic E-state index is 0.0954. The van der Waals surface area contributed by atoms with Crippen LogP contribution < -0.4 is 10.2 Å². The number of carbonyl (C=O) groups excluding carboxylic acids is 2. The highest BCUT2D eigenvalue weighted by Crippen LogP contribution is 2.44. The Bertz CT molecular complexity index is 1130. The van der Waals surface area contributed by atoms with E-state index in [1.165, 1.54) is 6.92 Å². The van der Waals surface area contributed by atoms with Crippen molar-refractivity contribution in [3.63, 3.8) is 0 Å². The van der Waals surface area contributed by atoms with Crippen molar-refractivity contribution in [1.82, 2.24) is 5.32 Å². The van der Waals surface area contributed by atoms with Crippen molar-refractivity contribution in [1.29, 1.82) is 0 Å². The second-order valence-corrected chi connectivity index (χ2v) is 7.85. The van der Waals surface area contributed by atoms with Crippen LogP contribution in [0, 0.1) is 0 Å². The highest BCUT2D eigenvalue weighted by Gasteiger charge is 2.30. The van der Waals surface area contributed by atoms with Crippen molar-refractivity contribution in [2.24, 2.45) is 0 Å². The summed E-state index contributed by atoms with van der Waals surface area (Å²) in [4.78, 5) is 37.8. The van der Waals surface area contributed by atoms with Crippen molar-refractivity contribution >= 4 is 23.7 Å². The number of alkyl carbamates (subject to hydrolysis) is 1. The van der Waals surface area contributed by atoms with Crippen molar-refractivity contribution < 1.29 is 24.2 Å². The molecule has 0 fully saturated rings. The number of carbonyl (C=O) groups is 3. The van der Waals surface area contributed by atoms with Crippen LogP contribution in [0.2, 0.25) is 0 Å². The van der Waals surface area contributed by atoms with Crippen LogP contribution in [-0.2, 0) is 14.3 Å². The quantitative estimate of drug-likeness (QED) is 0.574. The number of rotatable bonds is 7. The van der Waals surface area contributed by atoms with E-state index in [2.05, 4.69) is 17.4 Å². The van der Waals surface area contributed by atoms with E-state index in [1.807, 2.05) is 36.4 Å². The van der Waals surface area contributed by atoms with E-state index in [9.17, 15) is 19.5 Å². The van der Waals surface area contributed by atoms with Crippen molar-refractivity contribution in [2.45, 2.75) is 18.9 Å². The zero-order valence-electron chi connectivity index (χ0n) is 18.1. The summed E-state index contributed by atoms with van der Waals surface area (Å²) in [5.41, 5.74) is 4.86. The molecule has 3 aromatic rings. The number of nitrogens with zero attached hydrogens (tertiary/aromatic N) is 1. The Labute approximate surface area is 191 Å². The van der Waals surface area contributed by atoms with Crippen molar-refractivity contribution in [3.8, 4) is 11.1 Å². The largest absolute Gasteiger partial charge is 0.480 e. The summed E-state index contributed by atoms with van der Waals surface area (Å²) < 4.78 is 5.49. The first-order chi connectivity index (χ1) is 16.0. The van der Waals surface area contributed by atoms with Gasteiger partial charge in [0.1, 0.15) is 19.2 Å². The molecule has 0 spiro atoms. The normalized spacial score (nSPS) is 12.9. The molecule has 3 aromatic carbocycles. The molecule has 0 bridgehead atoms. The number of nitrogens with one attached hydrogen (secondary N) is 1. The zero-order chi connectivity index (χ0) is 23.4. The molecule has 168 valence electrons. The molecule has 0 saturated heterocycles. The van der Waals surface area contributed by atoms with Gasteiger partial charge in [0.2, 0.25) is 5.91 Å². The third kappa shape index (κ3) is 4.72. The summed E-state index contributed by atoms with van der Waals surface area (Å²) in [6.07, 6.45) is -0.735. The Morgan fingerprint density at radius 2 is 1.45 bits per heavy atom. The number of anilines is 1. The number of para-hydroxylation sites is 1. The number of ether oxygens (including phenoxy) is 1. The van der Waals surface area contributed by atoms with E-state index >= 15 is 0 Å². The molecule has 33 heavy (non-hydrogen) atoms. The van der Waals surface area contributed by atoms with E-state index < -0.39 is 30.6 Å². The van der Waals surface area contributed by atoms with Crippen molar-refractivity contribution in [2.75, 3.05) is 18.1 Å². The lowest BCUT2D eigenvalue weighted by atomic mass is 9.98. The minimum Gasteiger partial charge on any atom is -0.480 e. The van der Waals surface area contributed by atoms with Gasteiger partial charge in [0.05, 0.1) is 0 Å². The van der Waals surface area contributed by atoms with Gasteiger partial charge in [-0.15, -0.1) is 0 Å². The van der Waals surface area contributed by atoms with E-state index in [4.69, 9.17) is 4.74 Å². The molecule has 0 radical (unpaired) electrons. The SMILES string of the molecule is CC(NC(=O)OCC1c2ccccc2-c2ccccc21)C(=O)N(CC(=O)O)c1ccccc1. The highest BCUT2D eigenvalue weighted by atomic mass is 16.5. The fraction of sp³-hybridized carbons (Fsp3) is 0.192. The number of fused-ring (bicyclic) bond motifs is 3. The molecule has 0 aromatic heterocycles. The lowest BCUT2D eigenvalue weighted by Crippen LogP contribution is -2.49. The average molecular weight is 444 g/mol. The summed E-state index contributed by atoms with van der Waals surface area (Å²) >= 11 is 0. The fourth-order valence-electron chi connectivity index (χ4n) is 4.15. The number of aliphatic carboxylic acids is 1. The van der Waals surface area contributed by atoms with Gasteiger partial charge in [0.15, 0.2) is 0 Å². The van der Waals surface area contributed by atoms with Gasteiger partial charge in [-0.1, -0.05) is 66.7 Å². The number of benzene rings is 3. The molecular weight excluding hydrogens is 420 g/mol. The van der Waals surface area contributed by atoms with Crippen LogP contribution in [0.25, 0.3) is 11.1 Å². The molecular formula is C26H24N2O5. The maximum Gasteiger partial charge on any atom is 0.407 e. The molecule has 7 nitrogen and oxygen atoms in total. The standard InChI is InChI=1S/C26H24N2O5/c1-17(25(31)28(15-24(29)30)18-9-3-2-4-10-18)27-26(32)33-16-23-21-13-7-5-11-19(21)20-12-6-8-14-22(20)23/h2-14,17,23H,15-16H2,1H3,(H,27,32)(H,29,30). The number of carboxylic acid groups (broad SMARTS) is 1. The minimum atomic E-state index is -1.15. The molecule has 2 amide bonds. The lowest BCUT2D eigenvalue weighted by Gasteiger charge is -2.25. The van der Waals surface area contributed by atoms with Gasteiger partial charge < -0.3 is 15.2 Å². The number of hydrogen-bond donors (Lipinski definition) is 2. The van der Waals surface area contributed by atoms with Crippen LogP contribution in [0.1, 0.15) is 24.0 Å². The maximum absolute atomic E-state index is 12.9. The van der Waals surface area contributed by atoms with E-state index in [0.717, 1.165) is 27.2 Å². The summed E-state index contributed by atoms with van der Waals surface area (Å²) in [5.74, 6) is -1.79. The van der Waals surface area contributed by atoms with Gasteiger partial charge in [-0.05, 0) is 41.3 Å². The third-order valence-electron chi connectivity index (χ3n) is 5.68. The number of amides is 2. The molecule has 1 unspecified atom stereocenters. The maximum atomic E-state index is 12.9. The number of carboxylic acids is 1. The molecule has 0 saturated carbocycles. The Hall–Kier alpha value is -4.13. The lowest BCUT2D eigenvalue weighted by molar-refractivity contribution is -0.136. The fourth-order valence-corrected chi connectivity index (χ4v) is 4.15. The van der Waals surface area contributed by atoms with Crippen molar-refractivity contribution in [3.05, 3.63) is 90.0 Å². The van der Waals surface area contributed by atoms with Crippen LogP contribution in [0.3, 0.4) is 0 Å².